The molecular weight excluding hydrogens is 114 g/mol. The van der Waals surface area contributed by atoms with Crippen molar-refractivity contribution >= 4 is 6.21 Å². The molecule has 1 aromatic rings. The van der Waals surface area contributed by atoms with Gasteiger partial charge in [0.25, 0.3) is 6.21 Å². The highest BCUT2D eigenvalue weighted by atomic mass is 14.8. The van der Waals surface area contributed by atoms with Crippen LogP contribution in [0.25, 0.3) is 5.53 Å². The highest BCUT2D eigenvalue weighted by Crippen LogP contribution is 1.87. The zero-order valence-corrected chi connectivity index (χ0v) is 4.73. The van der Waals surface area contributed by atoms with E-state index in [1.165, 1.54) is 6.21 Å². The molecule has 0 radical (unpaired) electrons. The molecule has 1 aromatic heterocycles. The molecule has 44 valence electrons. The zero-order valence-electron chi connectivity index (χ0n) is 4.73. The van der Waals surface area contributed by atoms with Crippen molar-refractivity contribution in [3.8, 4) is 0 Å². The van der Waals surface area contributed by atoms with E-state index in [1.54, 1.807) is 24.5 Å². The van der Waals surface area contributed by atoms with Crippen molar-refractivity contribution in [3.63, 3.8) is 0 Å². The quantitative estimate of drug-likeness (QED) is 0.305. The molecule has 0 saturated carbocycles. The van der Waals surface area contributed by atoms with E-state index in [0.717, 1.165) is 5.56 Å². The normalized spacial score (nSPS) is 8.00. The minimum atomic E-state index is 0.792. The third-order valence-corrected chi connectivity index (χ3v) is 0.891. The van der Waals surface area contributed by atoms with Crippen molar-refractivity contribution in [2.45, 2.75) is 0 Å². The second-order valence-corrected chi connectivity index (χ2v) is 1.53. The van der Waals surface area contributed by atoms with Gasteiger partial charge in [-0.05, 0) is 12.1 Å². The first-order valence-corrected chi connectivity index (χ1v) is 2.51. The summed E-state index contributed by atoms with van der Waals surface area (Å²) in [4.78, 5) is 6.64. The van der Waals surface area contributed by atoms with Gasteiger partial charge < -0.3 is 5.53 Å². The van der Waals surface area contributed by atoms with Crippen molar-refractivity contribution in [1.82, 2.24) is 4.98 Å². The topological polar surface area (TPSA) is 49.3 Å². The predicted octanol–water partition coefficient (Wildman–Crippen LogP) is 0.730. The summed E-state index contributed by atoms with van der Waals surface area (Å²) >= 11 is 0. The van der Waals surface area contributed by atoms with Crippen LogP contribution in [-0.2, 0) is 0 Å². The molecule has 0 aromatic carbocycles. The molecule has 0 fully saturated rings. The maximum Gasteiger partial charge on any atom is 0.289 e. The summed E-state index contributed by atoms with van der Waals surface area (Å²) in [5.41, 5.74) is 8.85. The van der Waals surface area contributed by atoms with Crippen molar-refractivity contribution in [3.05, 3.63) is 35.6 Å². The molecule has 3 heteroatoms. The van der Waals surface area contributed by atoms with E-state index in [2.05, 4.69) is 9.77 Å². The Morgan fingerprint density at radius 3 is 3.11 bits per heavy atom. The highest BCUT2D eigenvalue weighted by Gasteiger charge is 1.86. The first-order chi connectivity index (χ1) is 4.43. The summed E-state index contributed by atoms with van der Waals surface area (Å²) in [7, 11) is 0. The van der Waals surface area contributed by atoms with Crippen LogP contribution in [-0.4, -0.2) is 16.0 Å². The van der Waals surface area contributed by atoms with Gasteiger partial charge >= 0.3 is 0 Å². The summed E-state index contributed by atoms with van der Waals surface area (Å²) < 4.78 is 0. The van der Waals surface area contributed by atoms with Crippen molar-refractivity contribution in [1.29, 1.82) is 0 Å². The van der Waals surface area contributed by atoms with E-state index in [4.69, 9.17) is 5.53 Å². The summed E-state index contributed by atoms with van der Waals surface area (Å²) in [5, 5.41) is 0. The molecule has 0 aliphatic heterocycles. The van der Waals surface area contributed by atoms with E-state index in [9.17, 15) is 0 Å². The zero-order chi connectivity index (χ0) is 6.53. The Bertz CT molecular complexity index is 223. The Hall–Kier alpha value is -1.47. The van der Waals surface area contributed by atoms with Crippen LogP contribution >= 0.6 is 0 Å². The van der Waals surface area contributed by atoms with Crippen LogP contribution in [0.15, 0.2) is 24.5 Å². The van der Waals surface area contributed by atoms with Gasteiger partial charge in [-0.2, -0.15) is 4.79 Å². The molecule has 9 heavy (non-hydrogen) atoms. The SMILES string of the molecule is [N-]=[N+]=Cc1cccnc1. The van der Waals surface area contributed by atoms with Gasteiger partial charge in [0.15, 0.2) is 0 Å². The van der Waals surface area contributed by atoms with Crippen LogP contribution in [0, 0.1) is 0 Å². The molecule has 0 atom stereocenters. The fraction of sp³-hybridized carbons (Fsp3) is 0. The Balaban J connectivity index is 2.97. The fourth-order valence-corrected chi connectivity index (χ4v) is 0.519. The second kappa shape index (κ2) is 2.74. The van der Waals surface area contributed by atoms with Crippen molar-refractivity contribution < 1.29 is 4.79 Å². The third kappa shape index (κ3) is 1.48. The number of hydrogen-bond donors (Lipinski definition) is 0. The summed E-state index contributed by atoms with van der Waals surface area (Å²) in [6.45, 7) is 0. The van der Waals surface area contributed by atoms with Gasteiger partial charge in [-0.1, -0.05) is 0 Å². The van der Waals surface area contributed by atoms with Gasteiger partial charge in [-0.3, -0.25) is 4.98 Å². The lowest BCUT2D eigenvalue weighted by molar-refractivity contribution is 0.00454. The van der Waals surface area contributed by atoms with Gasteiger partial charge in [0.05, 0.1) is 5.56 Å². The lowest BCUT2D eigenvalue weighted by Crippen LogP contribution is -1.80. The van der Waals surface area contributed by atoms with E-state index < -0.39 is 0 Å². The third-order valence-electron chi connectivity index (χ3n) is 0.891. The number of nitrogens with zero attached hydrogens (tertiary/aromatic N) is 3. The number of hydrogen-bond acceptors (Lipinski definition) is 1. The number of rotatable bonds is 1. The van der Waals surface area contributed by atoms with E-state index in [-0.39, 0.29) is 0 Å². The molecule has 0 amide bonds. The van der Waals surface area contributed by atoms with Crippen molar-refractivity contribution in [2.75, 3.05) is 0 Å². The summed E-state index contributed by atoms with van der Waals surface area (Å²) in [6, 6.07) is 3.57. The highest BCUT2D eigenvalue weighted by molar-refractivity contribution is 5.73. The second-order valence-electron chi connectivity index (χ2n) is 1.53. The molecule has 0 aliphatic rings. The lowest BCUT2D eigenvalue weighted by atomic mass is 10.3. The fourth-order valence-electron chi connectivity index (χ4n) is 0.519. The van der Waals surface area contributed by atoms with E-state index in [0.29, 0.717) is 0 Å². The number of pyridine rings is 1. The minimum absolute atomic E-state index is 0.792. The Morgan fingerprint density at radius 2 is 2.56 bits per heavy atom. The summed E-state index contributed by atoms with van der Waals surface area (Å²) in [5.74, 6) is 0. The molecule has 3 nitrogen and oxygen atoms in total. The average molecular weight is 119 g/mol. The Morgan fingerprint density at radius 1 is 1.67 bits per heavy atom. The average Bonchev–Trinajstić information content (AvgIpc) is 1.91. The van der Waals surface area contributed by atoms with Gasteiger partial charge in [0.1, 0.15) is 0 Å². The molecule has 1 heterocycles. The van der Waals surface area contributed by atoms with Crippen LogP contribution in [0.3, 0.4) is 0 Å². The molecule has 0 aliphatic carbocycles. The molecule has 0 bridgehead atoms. The van der Waals surface area contributed by atoms with Crippen LogP contribution in [0.5, 0.6) is 0 Å². The van der Waals surface area contributed by atoms with Gasteiger partial charge in [-0.25, -0.2) is 0 Å². The van der Waals surface area contributed by atoms with Gasteiger partial charge in [0.2, 0.25) is 0 Å². The van der Waals surface area contributed by atoms with Crippen LogP contribution in [0.4, 0.5) is 0 Å². The monoisotopic (exact) mass is 119 g/mol. The minimum Gasteiger partial charge on any atom is -0.361 e. The largest absolute Gasteiger partial charge is 0.361 e. The van der Waals surface area contributed by atoms with Crippen LogP contribution in [0.1, 0.15) is 5.56 Å². The maximum absolute atomic E-state index is 8.06. The predicted molar refractivity (Wildman–Crippen MR) is 33.0 cm³/mol. The van der Waals surface area contributed by atoms with E-state index >= 15 is 0 Å². The molecular formula is C6H5N3. The molecule has 0 spiro atoms. The first kappa shape index (κ1) is 5.66. The maximum atomic E-state index is 8.06. The molecule has 0 N–H and O–H groups in total. The first-order valence-electron chi connectivity index (χ1n) is 2.51. The standard InChI is InChI=1S/C6H5N3/c7-9-5-6-2-1-3-8-4-6/h1-5H. The number of aromatic nitrogens is 1. The van der Waals surface area contributed by atoms with Gasteiger partial charge in [0, 0.05) is 12.4 Å². The lowest BCUT2D eigenvalue weighted by Gasteiger charge is -1.79. The Labute approximate surface area is 52.6 Å². The van der Waals surface area contributed by atoms with Crippen LogP contribution in [0.2, 0.25) is 0 Å². The van der Waals surface area contributed by atoms with E-state index in [1.807, 2.05) is 0 Å². The Kier molecular flexibility index (Phi) is 1.73. The smallest absolute Gasteiger partial charge is 0.289 e. The molecule has 0 unspecified atom stereocenters. The molecule has 0 saturated heterocycles. The molecule has 1 rings (SSSR count). The van der Waals surface area contributed by atoms with Gasteiger partial charge in [-0.15, -0.1) is 0 Å². The van der Waals surface area contributed by atoms with Crippen molar-refractivity contribution in [2.24, 2.45) is 0 Å². The summed E-state index contributed by atoms with van der Waals surface area (Å²) in [6.07, 6.45) is 4.60. The van der Waals surface area contributed by atoms with Crippen LogP contribution < -0.4 is 0 Å².